The van der Waals surface area contributed by atoms with Crippen molar-refractivity contribution in [3.8, 4) is 11.5 Å². The third-order valence-corrected chi connectivity index (χ3v) is 3.91. The van der Waals surface area contributed by atoms with E-state index in [0.29, 0.717) is 18.9 Å². The van der Waals surface area contributed by atoms with Gasteiger partial charge in [-0.05, 0) is 50.6 Å². The number of fused-ring (bicyclic) bond motifs is 2. The lowest BCUT2D eigenvalue weighted by Gasteiger charge is -2.37. The second kappa shape index (κ2) is 3.39. The van der Waals surface area contributed by atoms with Crippen LogP contribution in [0.15, 0.2) is 12.1 Å². The van der Waals surface area contributed by atoms with E-state index < -0.39 is 0 Å². The van der Waals surface area contributed by atoms with Crippen molar-refractivity contribution in [2.75, 3.05) is 13.8 Å². The highest BCUT2D eigenvalue weighted by Gasteiger charge is 2.29. The van der Waals surface area contributed by atoms with E-state index in [1.165, 1.54) is 11.1 Å². The van der Waals surface area contributed by atoms with Crippen LogP contribution in [0.3, 0.4) is 0 Å². The lowest BCUT2D eigenvalue weighted by molar-refractivity contribution is 0.173. The van der Waals surface area contributed by atoms with Crippen LogP contribution in [-0.2, 0) is 6.42 Å². The molecule has 3 heteroatoms. The summed E-state index contributed by atoms with van der Waals surface area (Å²) < 4.78 is 10.9. The van der Waals surface area contributed by atoms with E-state index >= 15 is 0 Å². The van der Waals surface area contributed by atoms with Crippen molar-refractivity contribution in [1.29, 1.82) is 0 Å². The Hall–Kier alpha value is -1.22. The van der Waals surface area contributed by atoms with Crippen LogP contribution in [0, 0.1) is 0 Å². The zero-order valence-corrected chi connectivity index (χ0v) is 9.99. The smallest absolute Gasteiger partial charge is 0.231 e. The van der Waals surface area contributed by atoms with Crippen LogP contribution in [0.25, 0.3) is 0 Å². The van der Waals surface area contributed by atoms with E-state index in [1.807, 2.05) is 0 Å². The van der Waals surface area contributed by atoms with Crippen molar-refractivity contribution >= 4 is 0 Å². The molecule has 0 amide bonds. The van der Waals surface area contributed by atoms with Crippen molar-refractivity contribution in [3.05, 3.63) is 23.3 Å². The Labute approximate surface area is 96.0 Å². The number of nitrogens with zero attached hydrogens (tertiary/aromatic N) is 1. The number of rotatable bonds is 0. The highest BCUT2D eigenvalue weighted by molar-refractivity contribution is 5.50. The monoisotopic (exact) mass is 219 g/mol. The number of hydrogen-bond donors (Lipinski definition) is 0. The first-order valence-corrected chi connectivity index (χ1v) is 5.81. The third kappa shape index (κ3) is 1.31. The summed E-state index contributed by atoms with van der Waals surface area (Å²) in [6, 6.07) is 5.33. The van der Waals surface area contributed by atoms with Gasteiger partial charge in [0.05, 0.1) is 0 Å². The Kier molecular flexibility index (Phi) is 2.11. The number of ether oxygens (including phenoxy) is 2. The molecule has 0 saturated carbocycles. The maximum absolute atomic E-state index is 5.43. The third-order valence-electron chi connectivity index (χ3n) is 3.91. The van der Waals surface area contributed by atoms with Gasteiger partial charge < -0.3 is 9.47 Å². The molecule has 16 heavy (non-hydrogen) atoms. The predicted molar refractivity (Wildman–Crippen MR) is 61.9 cm³/mol. The van der Waals surface area contributed by atoms with Gasteiger partial charge in [0.1, 0.15) is 0 Å². The largest absolute Gasteiger partial charge is 0.454 e. The van der Waals surface area contributed by atoms with Gasteiger partial charge >= 0.3 is 0 Å². The van der Waals surface area contributed by atoms with Crippen LogP contribution >= 0.6 is 0 Å². The van der Waals surface area contributed by atoms with E-state index in [1.54, 1.807) is 0 Å². The van der Waals surface area contributed by atoms with Crippen molar-refractivity contribution in [2.24, 2.45) is 0 Å². The Morgan fingerprint density at radius 2 is 1.88 bits per heavy atom. The van der Waals surface area contributed by atoms with E-state index in [9.17, 15) is 0 Å². The van der Waals surface area contributed by atoms with Crippen molar-refractivity contribution in [1.82, 2.24) is 4.90 Å². The van der Waals surface area contributed by atoms with Gasteiger partial charge in [0.25, 0.3) is 0 Å². The zero-order chi connectivity index (χ0) is 11.3. The summed E-state index contributed by atoms with van der Waals surface area (Å²) in [6.45, 7) is 4.87. The average molecular weight is 219 g/mol. The molecule has 2 atom stereocenters. The molecule has 2 aliphatic rings. The van der Waals surface area contributed by atoms with Crippen molar-refractivity contribution < 1.29 is 9.47 Å². The molecule has 2 unspecified atom stereocenters. The molecule has 0 aromatic heterocycles. The maximum Gasteiger partial charge on any atom is 0.231 e. The normalized spacial score (nSPS) is 27.9. The molecule has 0 spiro atoms. The van der Waals surface area contributed by atoms with E-state index in [4.69, 9.17) is 9.47 Å². The molecule has 0 fully saturated rings. The van der Waals surface area contributed by atoms with Crippen molar-refractivity contribution in [2.45, 2.75) is 32.4 Å². The molecule has 86 valence electrons. The summed E-state index contributed by atoms with van der Waals surface area (Å²) in [5.41, 5.74) is 2.78. The molecule has 0 aliphatic carbocycles. The van der Waals surface area contributed by atoms with Gasteiger partial charge in [-0.1, -0.05) is 0 Å². The molecule has 2 aliphatic heterocycles. The molecule has 0 bridgehead atoms. The summed E-state index contributed by atoms with van der Waals surface area (Å²) in [7, 11) is 2.18. The molecule has 3 rings (SSSR count). The molecule has 2 heterocycles. The Morgan fingerprint density at radius 1 is 1.19 bits per heavy atom. The first-order valence-electron chi connectivity index (χ1n) is 5.81. The minimum absolute atomic E-state index is 0.359. The van der Waals surface area contributed by atoms with Gasteiger partial charge in [-0.25, -0.2) is 0 Å². The van der Waals surface area contributed by atoms with E-state index in [-0.39, 0.29) is 0 Å². The second-order valence-electron chi connectivity index (χ2n) is 4.80. The van der Waals surface area contributed by atoms with Crippen LogP contribution < -0.4 is 9.47 Å². The van der Waals surface area contributed by atoms with Crippen LogP contribution in [0.4, 0.5) is 0 Å². The first kappa shape index (κ1) is 9.97. The van der Waals surface area contributed by atoms with Crippen LogP contribution in [0.5, 0.6) is 11.5 Å². The quantitative estimate of drug-likeness (QED) is 0.668. The SMILES string of the molecule is CC1Cc2cc3c(cc2C(C)N1C)OCO3. The summed E-state index contributed by atoms with van der Waals surface area (Å²) in [6.07, 6.45) is 1.09. The topological polar surface area (TPSA) is 21.7 Å². The highest BCUT2D eigenvalue weighted by atomic mass is 16.7. The van der Waals surface area contributed by atoms with Gasteiger partial charge in [0.2, 0.25) is 6.79 Å². The van der Waals surface area contributed by atoms with E-state index in [0.717, 1.165) is 17.9 Å². The fraction of sp³-hybridized carbons (Fsp3) is 0.538. The first-order chi connectivity index (χ1) is 7.66. The molecule has 1 aromatic carbocycles. The maximum atomic E-state index is 5.43. The molecule has 0 radical (unpaired) electrons. The van der Waals surface area contributed by atoms with Gasteiger partial charge in [0, 0.05) is 12.1 Å². The Balaban J connectivity index is 2.09. The second-order valence-corrected chi connectivity index (χ2v) is 4.80. The fourth-order valence-electron chi connectivity index (χ4n) is 2.63. The van der Waals surface area contributed by atoms with E-state index in [2.05, 4.69) is 37.9 Å². The number of benzene rings is 1. The van der Waals surface area contributed by atoms with Gasteiger partial charge in [-0.15, -0.1) is 0 Å². The molecular weight excluding hydrogens is 202 g/mol. The molecule has 0 N–H and O–H groups in total. The minimum Gasteiger partial charge on any atom is -0.454 e. The van der Waals surface area contributed by atoms with Crippen LogP contribution in [0.2, 0.25) is 0 Å². The zero-order valence-electron chi connectivity index (χ0n) is 9.99. The van der Waals surface area contributed by atoms with Crippen LogP contribution in [0.1, 0.15) is 31.0 Å². The van der Waals surface area contributed by atoms with Crippen LogP contribution in [-0.4, -0.2) is 24.8 Å². The molecule has 0 saturated heterocycles. The fourth-order valence-corrected chi connectivity index (χ4v) is 2.63. The lowest BCUT2D eigenvalue weighted by atomic mass is 9.89. The van der Waals surface area contributed by atoms with Gasteiger partial charge in [-0.2, -0.15) is 0 Å². The van der Waals surface area contributed by atoms with Gasteiger partial charge in [0.15, 0.2) is 11.5 Å². The summed E-state index contributed by atoms with van der Waals surface area (Å²) in [4.78, 5) is 2.41. The molecule has 3 nitrogen and oxygen atoms in total. The Morgan fingerprint density at radius 3 is 2.62 bits per heavy atom. The summed E-state index contributed by atoms with van der Waals surface area (Å²) >= 11 is 0. The predicted octanol–water partition coefficient (Wildman–Crippen LogP) is 2.35. The van der Waals surface area contributed by atoms with Gasteiger partial charge in [-0.3, -0.25) is 4.90 Å². The minimum atomic E-state index is 0.359. The highest BCUT2D eigenvalue weighted by Crippen LogP contribution is 2.40. The summed E-state index contributed by atoms with van der Waals surface area (Å²) in [5, 5.41) is 0. The van der Waals surface area contributed by atoms with Crippen molar-refractivity contribution in [3.63, 3.8) is 0 Å². The number of hydrogen-bond acceptors (Lipinski definition) is 3. The Bertz CT molecular complexity index is 430. The standard InChI is InChI=1S/C13H17NO2/c1-8-4-10-5-12-13(16-7-15-12)6-11(10)9(2)14(8)3/h5-6,8-9H,4,7H2,1-3H3. The summed E-state index contributed by atoms with van der Waals surface area (Å²) in [5.74, 6) is 1.80. The molecule has 1 aromatic rings. The lowest BCUT2D eigenvalue weighted by Crippen LogP contribution is -2.37. The number of likely N-dealkylation sites (N-methyl/N-ethyl adjacent to an activating group) is 1. The molecular formula is C13H17NO2. The average Bonchev–Trinajstić information content (AvgIpc) is 2.71.